The van der Waals surface area contributed by atoms with Gasteiger partial charge in [0.15, 0.2) is 0 Å². The summed E-state index contributed by atoms with van der Waals surface area (Å²) in [6.45, 7) is 3.86. The number of rotatable bonds is 2. The first kappa shape index (κ1) is 10.3. The van der Waals surface area contributed by atoms with Crippen LogP contribution in [0, 0.1) is 5.82 Å². The molecule has 1 aromatic carbocycles. The normalized spacial score (nSPS) is 12.2. The highest BCUT2D eigenvalue weighted by Gasteiger charge is 2.04. The standard InChI is InChI=1S/C10H12FNS/c1-7(2)12-10(13)8-5-3-4-6-9(8)11/h3-7H,1-2H3,(H,12,13). The number of thiol groups is 1. The van der Waals surface area contributed by atoms with Gasteiger partial charge in [0.25, 0.3) is 0 Å². The highest BCUT2D eigenvalue weighted by Crippen LogP contribution is 2.10. The van der Waals surface area contributed by atoms with Gasteiger partial charge in [-0.25, -0.2) is 4.39 Å². The number of hydrogen-bond acceptors (Lipinski definition) is 1. The summed E-state index contributed by atoms with van der Waals surface area (Å²) in [5.41, 5.74) is 0.458. The zero-order valence-corrected chi connectivity index (χ0v) is 8.55. The maximum Gasteiger partial charge on any atom is 0.133 e. The lowest BCUT2D eigenvalue weighted by atomic mass is 10.2. The molecule has 0 heterocycles. The van der Waals surface area contributed by atoms with Crippen LogP contribution < -0.4 is 0 Å². The van der Waals surface area contributed by atoms with Crippen LogP contribution in [-0.4, -0.2) is 11.1 Å². The van der Waals surface area contributed by atoms with Gasteiger partial charge in [-0.1, -0.05) is 12.1 Å². The molecule has 0 spiro atoms. The van der Waals surface area contributed by atoms with Crippen molar-refractivity contribution in [1.29, 1.82) is 0 Å². The second-order valence-corrected chi connectivity index (χ2v) is 3.45. The van der Waals surface area contributed by atoms with E-state index in [-0.39, 0.29) is 11.9 Å². The highest BCUT2D eigenvalue weighted by molar-refractivity contribution is 7.97. The molecule has 0 radical (unpaired) electrons. The zero-order valence-electron chi connectivity index (χ0n) is 7.66. The molecule has 1 nitrogen and oxygen atoms in total. The second-order valence-electron chi connectivity index (χ2n) is 3.03. The van der Waals surface area contributed by atoms with E-state index < -0.39 is 0 Å². The van der Waals surface area contributed by atoms with E-state index in [9.17, 15) is 4.39 Å². The van der Waals surface area contributed by atoms with E-state index in [1.807, 2.05) is 13.8 Å². The van der Waals surface area contributed by atoms with E-state index in [0.717, 1.165) is 0 Å². The molecule has 3 heteroatoms. The summed E-state index contributed by atoms with van der Waals surface area (Å²) in [5.74, 6) is -0.281. The van der Waals surface area contributed by atoms with Crippen molar-refractivity contribution in [2.75, 3.05) is 0 Å². The highest BCUT2D eigenvalue weighted by atomic mass is 32.1. The van der Waals surface area contributed by atoms with Crippen molar-refractivity contribution in [2.24, 2.45) is 4.99 Å². The van der Waals surface area contributed by atoms with Crippen molar-refractivity contribution in [2.45, 2.75) is 19.9 Å². The van der Waals surface area contributed by atoms with Gasteiger partial charge >= 0.3 is 0 Å². The minimum absolute atomic E-state index is 0.132. The van der Waals surface area contributed by atoms with Crippen molar-refractivity contribution in [1.82, 2.24) is 0 Å². The quantitative estimate of drug-likeness (QED) is 0.425. The van der Waals surface area contributed by atoms with Crippen molar-refractivity contribution in [3.8, 4) is 0 Å². The van der Waals surface area contributed by atoms with E-state index in [4.69, 9.17) is 0 Å². The molecule has 0 amide bonds. The third-order valence-corrected chi connectivity index (χ3v) is 1.85. The molecule has 0 aliphatic rings. The zero-order chi connectivity index (χ0) is 9.84. The van der Waals surface area contributed by atoms with Gasteiger partial charge in [-0.05, 0) is 26.0 Å². The smallest absolute Gasteiger partial charge is 0.133 e. The summed E-state index contributed by atoms with van der Waals surface area (Å²) in [6.07, 6.45) is 0. The fourth-order valence-corrected chi connectivity index (χ4v) is 1.37. The van der Waals surface area contributed by atoms with E-state index in [1.165, 1.54) is 6.07 Å². The van der Waals surface area contributed by atoms with Crippen LogP contribution in [0.5, 0.6) is 0 Å². The molecular weight excluding hydrogens is 185 g/mol. The minimum Gasteiger partial charge on any atom is -0.275 e. The lowest BCUT2D eigenvalue weighted by Gasteiger charge is -2.03. The third kappa shape index (κ3) is 2.84. The molecule has 0 fully saturated rings. The van der Waals surface area contributed by atoms with Crippen LogP contribution in [0.4, 0.5) is 4.39 Å². The van der Waals surface area contributed by atoms with Crippen molar-refractivity contribution in [3.05, 3.63) is 35.6 Å². The van der Waals surface area contributed by atoms with Crippen LogP contribution in [-0.2, 0) is 0 Å². The van der Waals surface area contributed by atoms with Crippen LogP contribution in [0.25, 0.3) is 0 Å². The average molecular weight is 197 g/mol. The molecule has 0 N–H and O–H groups in total. The topological polar surface area (TPSA) is 12.4 Å². The Balaban J connectivity index is 3.02. The third-order valence-electron chi connectivity index (χ3n) is 1.50. The first-order valence-electron chi connectivity index (χ1n) is 4.13. The van der Waals surface area contributed by atoms with Gasteiger partial charge in [-0.3, -0.25) is 4.99 Å². The maximum atomic E-state index is 13.2. The molecule has 0 bridgehead atoms. The summed E-state index contributed by atoms with van der Waals surface area (Å²) in [4.78, 5) is 4.15. The Kier molecular flexibility index (Phi) is 3.48. The first-order valence-corrected chi connectivity index (χ1v) is 4.57. The predicted molar refractivity (Wildman–Crippen MR) is 57.1 cm³/mol. The molecule has 0 saturated carbocycles. The van der Waals surface area contributed by atoms with Gasteiger partial charge in [0, 0.05) is 11.6 Å². The Labute approximate surface area is 83.1 Å². The molecule has 0 unspecified atom stereocenters. The van der Waals surface area contributed by atoms with Gasteiger partial charge < -0.3 is 0 Å². The first-order chi connectivity index (χ1) is 6.11. The van der Waals surface area contributed by atoms with E-state index in [2.05, 4.69) is 17.6 Å². The molecule has 0 aliphatic carbocycles. The lowest BCUT2D eigenvalue weighted by molar-refractivity contribution is 0.625. The fraction of sp³-hybridized carbons (Fsp3) is 0.300. The monoisotopic (exact) mass is 197 g/mol. The largest absolute Gasteiger partial charge is 0.275 e. The van der Waals surface area contributed by atoms with Gasteiger partial charge in [-0.2, -0.15) is 0 Å². The Morgan fingerprint density at radius 3 is 2.54 bits per heavy atom. The van der Waals surface area contributed by atoms with Crippen LogP contribution >= 0.6 is 12.6 Å². The summed E-state index contributed by atoms with van der Waals surface area (Å²) >= 11 is 4.14. The number of nitrogens with zero attached hydrogens (tertiary/aromatic N) is 1. The van der Waals surface area contributed by atoms with Crippen molar-refractivity contribution >= 4 is 17.7 Å². The van der Waals surface area contributed by atoms with E-state index in [0.29, 0.717) is 10.6 Å². The molecule has 0 aliphatic heterocycles. The number of benzene rings is 1. The van der Waals surface area contributed by atoms with Crippen LogP contribution in [0.2, 0.25) is 0 Å². The molecule has 1 aromatic rings. The number of halogens is 1. The van der Waals surface area contributed by atoms with Crippen LogP contribution in [0.1, 0.15) is 19.4 Å². The molecule has 0 aromatic heterocycles. The predicted octanol–water partition coefficient (Wildman–Crippen LogP) is 2.91. The molecular formula is C10H12FNS. The Morgan fingerprint density at radius 1 is 1.38 bits per heavy atom. The summed E-state index contributed by atoms with van der Waals surface area (Å²) in [5, 5.41) is 0.452. The molecule has 13 heavy (non-hydrogen) atoms. The Bertz CT molecular complexity index is 320. The van der Waals surface area contributed by atoms with Gasteiger partial charge in [0.1, 0.15) is 5.82 Å². The average Bonchev–Trinajstić information content (AvgIpc) is 2.03. The number of aliphatic imine (C=N–C) groups is 1. The summed E-state index contributed by atoms with van der Waals surface area (Å²) in [7, 11) is 0. The van der Waals surface area contributed by atoms with Crippen molar-refractivity contribution in [3.63, 3.8) is 0 Å². The van der Waals surface area contributed by atoms with E-state index >= 15 is 0 Å². The van der Waals surface area contributed by atoms with Crippen LogP contribution in [0.15, 0.2) is 29.3 Å². The maximum absolute atomic E-state index is 13.2. The summed E-state index contributed by atoms with van der Waals surface area (Å²) < 4.78 is 13.2. The lowest BCUT2D eigenvalue weighted by Crippen LogP contribution is -2.00. The minimum atomic E-state index is -0.281. The SMILES string of the molecule is CC(C)/N=C(\S)c1ccccc1F. The van der Waals surface area contributed by atoms with Crippen molar-refractivity contribution < 1.29 is 4.39 Å². The molecule has 70 valence electrons. The summed E-state index contributed by atoms with van der Waals surface area (Å²) in [6, 6.07) is 6.62. The fourth-order valence-electron chi connectivity index (χ4n) is 0.957. The molecule has 1 rings (SSSR count). The van der Waals surface area contributed by atoms with Gasteiger partial charge in [-0.15, -0.1) is 12.6 Å². The second kappa shape index (κ2) is 4.42. The number of hydrogen-bond donors (Lipinski definition) is 1. The Hall–Kier alpha value is -0.830. The molecule has 0 atom stereocenters. The molecule has 0 saturated heterocycles. The van der Waals surface area contributed by atoms with E-state index in [1.54, 1.807) is 18.2 Å². The van der Waals surface area contributed by atoms with Crippen LogP contribution in [0.3, 0.4) is 0 Å². The van der Waals surface area contributed by atoms with Gasteiger partial charge in [0.05, 0.1) is 5.04 Å². The van der Waals surface area contributed by atoms with Gasteiger partial charge in [0.2, 0.25) is 0 Å². The Morgan fingerprint density at radius 2 is 2.00 bits per heavy atom.